The predicted molar refractivity (Wildman–Crippen MR) is 143 cm³/mol. The molecule has 8 heteroatoms. The van der Waals surface area contributed by atoms with Crippen molar-refractivity contribution in [1.29, 1.82) is 0 Å². The number of esters is 1. The number of fused-ring (bicyclic) bond motifs is 1. The molecule has 206 valence electrons. The summed E-state index contributed by atoms with van der Waals surface area (Å²) in [4.78, 5) is 39.9. The number of hydrogen-bond acceptors (Lipinski definition) is 6. The van der Waals surface area contributed by atoms with E-state index >= 15 is 0 Å². The minimum atomic E-state index is -0.950. The predicted octanol–water partition coefficient (Wildman–Crippen LogP) is 3.32. The first kappa shape index (κ1) is 29.1. The summed E-state index contributed by atoms with van der Waals surface area (Å²) in [5, 5.41) is 16.2. The Balaban J connectivity index is 1.61. The second kappa shape index (κ2) is 13.4. The number of nitrogens with one attached hydrogen (secondary N) is 2. The van der Waals surface area contributed by atoms with Crippen LogP contribution in [0.25, 0.3) is 0 Å². The number of hydrogen-bond donors (Lipinski definition) is 3. The van der Waals surface area contributed by atoms with Gasteiger partial charge in [0.1, 0.15) is 18.2 Å². The van der Waals surface area contributed by atoms with E-state index in [9.17, 15) is 19.5 Å². The Morgan fingerprint density at radius 2 is 1.73 bits per heavy atom. The fourth-order valence-corrected chi connectivity index (χ4v) is 5.51. The lowest BCUT2D eigenvalue weighted by Gasteiger charge is -2.32. The van der Waals surface area contributed by atoms with Gasteiger partial charge in [0.25, 0.3) is 0 Å². The summed E-state index contributed by atoms with van der Waals surface area (Å²) in [7, 11) is 0. The highest BCUT2D eigenvalue weighted by Crippen LogP contribution is 2.26. The molecular formula is C29H45N3O5. The largest absolute Gasteiger partial charge is 0.480 e. The van der Waals surface area contributed by atoms with E-state index in [2.05, 4.69) is 22.8 Å². The van der Waals surface area contributed by atoms with Crippen molar-refractivity contribution in [2.24, 2.45) is 5.92 Å². The smallest absolute Gasteiger partial charge is 0.326 e. The van der Waals surface area contributed by atoms with E-state index in [0.29, 0.717) is 19.3 Å². The van der Waals surface area contributed by atoms with Gasteiger partial charge in [-0.3, -0.25) is 19.7 Å². The Morgan fingerprint density at radius 1 is 1.11 bits per heavy atom. The van der Waals surface area contributed by atoms with E-state index in [1.165, 1.54) is 24.0 Å². The summed E-state index contributed by atoms with van der Waals surface area (Å²) < 4.78 is 5.52. The Bertz CT molecular complexity index is 897. The van der Waals surface area contributed by atoms with E-state index in [4.69, 9.17) is 4.74 Å². The summed E-state index contributed by atoms with van der Waals surface area (Å²) in [6.45, 7) is 9.07. The van der Waals surface area contributed by atoms with Crippen LogP contribution in [-0.4, -0.2) is 71.2 Å². The average Bonchev–Trinajstić information content (AvgIpc) is 3.27. The number of carboxylic acids is 1. The highest BCUT2D eigenvalue weighted by atomic mass is 16.6. The average molecular weight is 516 g/mol. The molecule has 3 rings (SSSR count). The van der Waals surface area contributed by atoms with Crippen LogP contribution >= 0.6 is 0 Å². The molecule has 0 bridgehead atoms. The fourth-order valence-electron chi connectivity index (χ4n) is 5.51. The summed E-state index contributed by atoms with van der Waals surface area (Å²) in [6, 6.07) is 6.35. The molecule has 1 aromatic rings. The third-order valence-electron chi connectivity index (χ3n) is 7.41. The first-order chi connectivity index (χ1) is 17.5. The molecule has 2 aliphatic rings. The zero-order chi connectivity index (χ0) is 27.0. The Hall–Kier alpha value is -2.45. The Morgan fingerprint density at radius 3 is 2.30 bits per heavy atom. The highest BCUT2D eigenvalue weighted by Gasteiger charge is 2.35. The number of unbranched alkanes of at least 4 members (excludes halogenated alkanes) is 1. The molecule has 1 amide bonds. The second-order valence-corrected chi connectivity index (χ2v) is 11.6. The normalized spacial score (nSPS) is 18.2. The standard InChI is InChI=1S/C29H45N3O5/c1-20(31-25(28(35)36)12-8-5-9-21-13-15-30-16-14-21)27(34)32(19-26(33)37-29(2,3)4)24-17-22-10-6-7-11-23(22)18-24/h6-7,10-11,20-21,24-25,30-31H,5,8-9,12-19H2,1-4H3,(H,35,36)/t20-,25-/m0/s1. The first-order valence-electron chi connectivity index (χ1n) is 13.8. The van der Waals surface area contributed by atoms with Gasteiger partial charge in [-0.05, 0) is 89.9 Å². The second-order valence-electron chi connectivity index (χ2n) is 11.6. The Labute approximate surface area is 221 Å². The monoisotopic (exact) mass is 515 g/mol. The van der Waals surface area contributed by atoms with Gasteiger partial charge < -0.3 is 20.1 Å². The third-order valence-corrected chi connectivity index (χ3v) is 7.41. The molecule has 3 N–H and O–H groups in total. The van der Waals surface area contributed by atoms with Crippen molar-refractivity contribution in [3.63, 3.8) is 0 Å². The molecule has 1 fully saturated rings. The molecule has 1 aromatic carbocycles. The molecule has 0 spiro atoms. The van der Waals surface area contributed by atoms with Crippen LogP contribution in [-0.2, 0) is 32.0 Å². The SMILES string of the molecule is C[C@H](N[C@@H](CCCCC1CCNCC1)C(=O)O)C(=O)N(CC(=O)OC(C)(C)C)C1Cc2ccccc2C1. The molecule has 1 heterocycles. The van der Waals surface area contributed by atoms with Gasteiger partial charge in [0.05, 0.1) is 6.04 Å². The minimum absolute atomic E-state index is 0.158. The first-order valence-corrected chi connectivity index (χ1v) is 13.8. The molecular weight excluding hydrogens is 470 g/mol. The molecule has 0 radical (unpaired) electrons. The third kappa shape index (κ3) is 9.11. The van der Waals surface area contributed by atoms with Crippen LogP contribution in [0.1, 0.15) is 77.3 Å². The lowest BCUT2D eigenvalue weighted by atomic mass is 9.92. The maximum atomic E-state index is 13.6. The van der Waals surface area contributed by atoms with Crippen molar-refractivity contribution >= 4 is 17.8 Å². The fraction of sp³-hybridized carbons (Fsp3) is 0.690. The van der Waals surface area contributed by atoms with E-state index < -0.39 is 29.6 Å². The van der Waals surface area contributed by atoms with Crippen LogP contribution in [0.2, 0.25) is 0 Å². The van der Waals surface area contributed by atoms with Crippen LogP contribution in [0.15, 0.2) is 24.3 Å². The van der Waals surface area contributed by atoms with Crippen molar-refractivity contribution in [2.45, 2.75) is 103 Å². The van der Waals surface area contributed by atoms with Crippen molar-refractivity contribution < 1.29 is 24.2 Å². The van der Waals surface area contributed by atoms with Gasteiger partial charge in [0.2, 0.25) is 5.91 Å². The molecule has 1 aliphatic carbocycles. The number of rotatable bonds is 12. The number of carboxylic acid groups (broad SMARTS) is 1. The number of benzene rings is 1. The lowest BCUT2D eigenvalue weighted by molar-refractivity contribution is -0.160. The maximum Gasteiger partial charge on any atom is 0.326 e. The van der Waals surface area contributed by atoms with Crippen molar-refractivity contribution in [1.82, 2.24) is 15.5 Å². The number of carbonyl (C=O) groups is 3. The van der Waals surface area contributed by atoms with Crippen LogP contribution in [0.3, 0.4) is 0 Å². The molecule has 0 saturated carbocycles. The van der Waals surface area contributed by atoms with Crippen LogP contribution in [0.5, 0.6) is 0 Å². The van der Waals surface area contributed by atoms with Gasteiger partial charge in [0, 0.05) is 6.04 Å². The summed E-state index contributed by atoms with van der Waals surface area (Å²) >= 11 is 0. The zero-order valence-electron chi connectivity index (χ0n) is 22.9. The van der Waals surface area contributed by atoms with Gasteiger partial charge in [-0.15, -0.1) is 0 Å². The van der Waals surface area contributed by atoms with E-state index in [-0.39, 0.29) is 18.5 Å². The maximum absolute atomic E-state index is 13.6. The van der Waals surface area contributed by atoms with Crippen LogP contribution in [0, 0.1) is 5.92 Å². The van der Waals surface area contributed by atoms with E-state index in [1.54, 1.807) is 32.6 Å². The number of ether oxygens (including phenoxy) is 1. The van der Waals surface area contributed by atoms with Crippen molar-refractivity contribution in [3.8, 4) is 0 Å². The van der Waals surface area contributed by atoms with Crippen LogP contribution in [0.4, 0.5) is 0 Å². The molecule has 0 unspecified atom stereocenters. The highest BCUT2D eigenvalue weighted by molar-refractivity contribution is 5.87. The van der Waals surface area contributed by atoms with Crippen molar-refractivity contribution in [2.75, 3.05) is 19.6 Å². The topological polar surface area (TPSA) is 108 Å². The molecule has 0 aromatic heterocycles. The van der Waals surface area contributed by atoms with E-state index in [0.717, 1.165) is 38.3 Å². The number of carbonyl (C=O) groups excluding carboxylic acids is 2. The quantitative estimate of drug-likeness (QED) is 0.290. The van der Waals surface area contributed by atoms with Gasteiger partial charge in [-0.2, -0.15) is 0 Å². The Kier molecular flexibility index (Phi) is 10.5. The summed E-state index contributed by atoms with van der Waals surface area (Å²) in [6.07, 6.45) is 7.08. The number of aliphatic carboxylic acids is 1. The lowest BCUT2D eigenvalue weighted by Crippen LogP contribution is -2.55. The van der Waals surface area contributed by atoms with Gasteiger partial charge in [-0.25, -0.2) is 0 Å². The number of amides is 1. The number of nitrogens with zero attached hydrogens (tertiary/aromatic N) is 1. The molecule has 1 aliphatic heterocycles. The zero-order valence-corrected chi connectivity index (χ0v) is 22.9. The molecule has 2 atom stereocenters. The van der Waals surface area contributed by atoms with Gasteiger partial charge >= 0.3 is 11.9 Å². The number of piperidine rings is 1. The summed E-state index contributed by atoms with van der Waals surface area (Å²) in [5.41, 5.74) is 1.69. The van der Waals surface area contributed by atoms with Crippen LogP contribution < -0.4 is 10.6 Å². The molecule has 1 saturated heterocycles. The summed E-state index contributed by atoms with van der Waals surface area (Å²) in [5.74, 6) is -0.968. The van der Waals surface area contributed by atoms with Gasteiger partial charge in [-0.1, -0.05) is 43.5 Å². The molecule has 37 heavy (non-hydrogen) atoms. The molecule has 8 nitrogen and oxygen atoms in total. The minimum Gasteiger partial charge on any atom is -0.480 e. The van der Waals surface area contributed by atoms with Crippen molar-refractivity contribution in [3.05, 3.63) is 35.4 Å². The van der Waals surface area contributed by atoms with Gasteiger partial charge in [0.15, 0.2) is 0 Å². The van der Waals surface area contributed by atoms with E-state index in [1.807, 2.05) is 12.1 Å².